The summed E-state index contributed by atoms with van der Waals surface area (Å²) in [7, 11) is 0. The molecule has 0 radical (unpaired) electrons. The number of hydrogen-bond donors (Lipinski definition) is 2. The molecule has 2 amide bonds. The first kappa shape index (κ1) is 29.1. The van der Waals surface area contributed by atoms with Crippen LogP contribution in [0.5, 0.6) is 11.5 Å². The van der Waals surface area contributed by atoms with Crippen molar-refractivity contribution in [2.45, 2.75) is 45.1 Å². The van der Waals surface area contributed by atoms with Crippen molar-refractivity contribution in [2.75, 3.05) is 19.7 Å². The number of ether oxygens (including phenoxy) is 3. The maximum Gasteiger partial charge on any atom is 0.573 e. The highest BCUT2D eigenvalue weighted by atomic mass is 35.5. The standard InChI is InChI=1S/C26H28ClF3N2O6/c1-2-36-25(35)17-5-10-20(11-6-17)37-19-8-3-16(4-9-19)23(33)31-13-14-32-24(34)18-7-12-22(21(27)15-18)38-26(28,29)30/h3-4,7-9,12,15,17,20H,2,5-6,10-11,13-14H2,1H3,(H,31,33)(H,32,34). The van der Waals surface area contributed by atoms with Crippen LogP contribution in [0.4, 0.5) is 13.2 Å². The lowest BCUT2D eigenvalue weighted by Crippen LogP contribution is -2.34. The first-order valence-electron chi connectivity index (χ1n) is 12.1. The SMILES string of the molecule is CCOC(=O)C1CCC(Oc2ccc(C(=O)NCCNC(=O)c3ccc(OC(F)(F)F)c(Cl)c3)cc2)CC1. The predicted octanol–water partition coefficient (Wildman–Crippen LogP) is 4.90. The third-order valence-electron chi connectivity index (χ3n) is 5.83. The highest BCUT2D eigenvalue weighted by Gasteiger charge is 2.32. The molecule has 38 heavy (non-hydrogen) atoms. The fourth-order valence-corrected chi connectivity index (χ4v) is 4.18. The van der Waals surface area contributed by atoms with E-state index in [4.69, 9.17) is 21.1 Å². The van der Waals surface area contributed by atoms with Crippen LogP contribution in [0.15, 0.2) is 42.5 Å². The zero-order valence-electron chi connectivity index (χ0n) is 20.6. The summed E-state index contributed by atoms with van der Waals surface area (Å²) in [6, 6.07) is 9.81. The Morgan fingerprint density at radius 2 is 1.50 bits per heavy atom. The molecule has 1 aliphatic carbocycles. The number of alkyl halides is 3. The molecular weight excluding hydrogens is 529 g/mol. The third kappa shape index (κ3) is 8.83. The van der Waals surface area contributed by atoms with E-state index in [0.29, 0.717) is 30.8 Å². The van der Waals surface area contributed by atoms with E-state index in [1.54, 1.807) is 31.2 Å². The summed E-state index contributed by atoms with van der Waals surface area (Å²) in [5.74, 6) is -1.14. The van der Waals surface area contributed by atoms with E-state index in [0.717, 1.165) is 31.0 Å². The molecule has 0 spiro atoms. The van der Waals surface area contributed by atoms with Crippen LogP contribution in [0, 0.1) is 5.92 Å². The van der Waals surface area contributed by atoms with Crippen molar-refractivity contribution in [2.24, 2.45) is 5.92 Å². The van der Waals surface area contributed by atoms with Crippen LogP contribution in [0.3, 0.4) is 0 Å². The van der Waals surface area contributed by atoms with Crippen molar-refractivity contribution < 1.29 is 41.8 Å². The molecule has 1 aliphatic rings. The van der Waals surface area contributed by atoms with Crippen LogP contribution in [-0.2, 0) is 9.53 Å². The smallest absolute Gasteiger partial charge is 0.490 e. The van der Waals surface area contributed by atoms with Gasteiger partial charge in [0.05, 0.1) is 23.7 Å². The number of carbonyl (C=O) groups excluding carboxylic acids is 3. The van der Waals surface area contributed by atoms with Gasteiger partial charge in [-0.25, -0.2) is 0 Å². The number of benzene rings is 2. The third-order valence-corrected chi connectivity index (χ3v) is 6.12. The van der Waals surface area contributed by atoms with Crippen molar-refractivity contribution in [1.82, 2.24) is 10.6 Å². The molecule has 0 heterocycles. The summed E-state index contributed by atoms with van der Waals surface area (Å²) in [5, 5.41) is 4.86. The Morgan fingerprint density at radius 3 is 2.05 bits per heavy atom. The largest absolute Gasteiger partial charge is 0.573 e. The molecule has 1 fully saturated rings. The lowest BCUT2D eigenvalue weighted by molar-refractivity contribution is -0.274. The Bertz CT molecular complexity index is 1120. The number of rotatable bonds is 10. The fourth-order valence-electron chi connectivity index (χ4n) is 3.96. The molecule has 0 aromatic heterocycles. The quantitative estimate of drug-likeness (QED) is 0.319. The highest BCUT2D eigenvalue weighted by molar-refractivity contribution is 6.32. The first-order chi connectivity index (χ1) is 18.1. The number of esters is 1. The second-order valence-corrected chi connectivity index (χ2v) is 8.98. The van der Waals surface area contributed by atoms with Gasteiger partial charge in [0, 0.05) is 24.2 Å². The Labute approximate surface area is 222 Å². The van der Waals surface area contributed by atoms with Gasteiger partial charge in [0.25, 0.3) is 11.8 Å². The first-order valence-corrected chi connectivity index (χ1v) is 12.5. The van der Waals surface area contributed by atoms with Crippen molar-refractivity contribution in [3.05, 3.63) is 58.6 Å². The molecule has 206 valence electrons. The van der Waals surface area contributed by atoms with Crippen LogP contribution in [0.2, 0.25) is 5.02 Å². The molecule has 3 rings (SSSR count). The van der Waals surface area contributed by atoms with E-state index in [1.165, 1.54) is 0 Å². The van der Waals surface area contributed by atoms with E-state index in [1.807, 2.05) is 0 Å². The van der Waals surface area contributed by atoms with Crippen LogP contribution in [0.1, 0.15) is 53.3 Å². The van der Waals surface area contributed by atoms with E-state index in [-0.39, 0.29) is 47.6 Å². The molecule has 0 atom stereocenters. The van der Waals surface area contributed by atoms with E-state index in [9.17, 15) is 27.6 Å². The molecule has 2 aromatic rings. The maximum absolute atomic E-state index is 12.4. The van der Waals surface area contributed by atoms with Crippen LogP contribution in [-0.4, -0.2) is 49.9 Å². The zero-order valence-corrected chi connectivity index (χ0v) is 21.4. The summed E-state index contributed by atoms with van der Waals surface area (Å²) in [6.45, 7) is 2.37. The summed E-state index contributed by atoms with van der Waals surface area (Å²) in [5.41, 5.74) is 0.447. The lowest BCUT2D eigenvalue weighted by atomic mass is 9.87. The molecule has 8 nitrogen and oxygen atoms in total. The zero-order chi connectivity index (χ0) is 27.7. The Kier molecular flexibility index (Phi) is 10.2. The molecule has 0 unspecified atom stereocenters. The molecule has 1 saturated carbocycles. The lowest BCUT2D eigenvalue weighted by Gasteiger charge is -2.27. The highest BCUT2D eigenvalue weighted by Crippen LogP contribution is 2.31. The van der Waals surface area contributed by atoms with Crippen molar-refractivity contribution >= 4 is 29.4 Å². The average Bonchev–Trinajstić information content (AvgIpc) is 2.88. The minimum absolute atomic E-state index is 0.00721. The van der Waals surface area contributed by atoms with Crippen molar-refractivity contribution in [1.29, 1.82) is 0 Å². The predicted molar refractivity (Wildman–Crippen MR) is 132 cm³/mol. The number of hydrogen-bond acceptors (Lipinski definition) is 6. The number of carbonyl (C=O) groups is 3. The molecule has 0 bridgehead atoms. The van der Waals surface area contributed by atoms with Gasteiger partial charge in [-0.2, -0.15) is 0 Å². The average molecular weight is 557 g/mol. The molecular formula is C26H28ClF3N2O6. The minimum Gasteiger partial charge on any atom is -0.490 e. The van der Waals surface area contributed by atoms with Gasteiger partial charge < -0.3 is 24.8 Å². The van der Waals surface area contributed by atoms with Gasteiger partial charge in [-0.3, -0.25) is 14.4 Å². The number of amides is 2. The van der Waals surface area contributed by atoms with Gasteiger partial charge in [-0.15, -0.1) is 13.2 Å². The molecule has 2 aromatic carbocycles. The molecule has 0 saturated heterocycles. The summed E-state index contributed by atoms with van der Waals surface area (Å²) >= 11 is 5.76. The minimum atomic E-state index is -4.90. The van der Waals surface area contributed by atoms with Crippen LogP contribution < -0.4 is 20.1 Å². The second kappa shape index (κ2) is 13.4. The fraction of sp³-hybridized carbons (Fsp3) is 0.423. The van der Waals surface area contributed by atoms with E-state index >= 15 is 0 Å². The van der Waals surface area contributed by atoms with Gasteiger partial charge in [0.1, 0.15) is 11.5 Å². The van der Waals surface area contributed by atoms with Gasteiger partial charge in [-0.1, -0.05) is 11.6 Å². The van der Waals surface area contributed by atoms with E-state index < -0.39 is 18.0 Å². The van der Waals surface area contributed by atoms with Gasteiger partial charge in [0.2, 0.25) is 0 Å². The monoisotopic (exact) mass is 556 g/mol. The van der Waals surface area contributed by atoms with Gasteiger partial charge in [0.15, 0.2) is 0 Å². The molecule has 12 heteroatoms. The Morgan fingerprint density at radius 1 is 0.921 bits per heavy atom. The summed E-state index contributed by atoms with van der Waals surface area (Å²) in [4.78, 5) is 36.4. The number of nitrogens with one attached hydrogen (secondary N) is 2. The topological polar surface area (TPSA) is 103 Å². The molecule has 0 aliphatic heterocycles. The maximum atomic E-state index is 12.4. The Hall–Kier alpha value is -3.47. The van der Waals surface area contributed by atoms with E-state index in [2.05, 4.69) is 15.4 Å². The second-order valence-electron chi connectivity index (χ2n) is 8.57. The molecule has 2 N–H and O–H groups in total. The number of halogens is 4. The van der Waals surface area contributed by atoms with Crippen LogP contribution >= 0.6 is 11.6 Å². The Balaban J connectivity index is 1.38. The van der Waals surface area contributed by atoms with Crippen molar-refractivity contribution in [3.8, 4) is 11.5 Å². The van der Waals surface area contributed by atoms with Crippen molar-refractivity contribution in [3.63, 3.8) is 0 Å². The summed E-state index contributed by atoms with van der Waals surface area (Å²) < 4.78 is 51.8. The van der Waals surface area contributed by atoms with Gasteiger partial charge in [-0.05, 0) is 75.1 Å². The van der Waals surface area contributed by atoms with Crippen LogP contribution in [0.25, 0.3) is 0 Å². The van der Waals surface area contributed by atoms with Gasteiger partial charge >= 0.3 is 12.3 Å². The normalized spacial score (nSPS) is 17.3. The summed E-state index contributed by atoms with van der Waals surface area (Å²) in [6.07, 6.45) is -1.99.